The van der Waals surface area contributed by atoms with E-state index >= 15 is 0 Å². The number of rotatable bonds is 3. The lowest BCUT2D eigenvalue weighted by molar-refractivity contribution is 0.603. The first-order valence-electron chi connectivity index (χ1n) is 4.58. The summed E-state index contributed by atoms with van der Waals surface area (Å²) >= 11 is 16.5. The second-order valence-electron chi connectivity index (χ2n) is 3.28. The first kappa shape index (κ1) is 15.7. The molecule has 0 atom stereocenters. The van der Waals surface area contributed by atoms with Crippen molar-refractivity contribution in [3.63, 3.8) is 0 Å². The average molecular weight is 511 g/mol. The third-order valence-electron chi connectivity index (χ3n) is 1.96. The fourth-order valence-corrected chi connectivity index (χ4v) is 6.30. The minimum Gasteiger partial charge on any atom is -0.277 e. The van der Waals surface area contributed by atoms with Gasteiger partial charge in [-0.1, -0.05) is 38.9 Å². The zero-order valence-electron chi connectivity index (χ0n) is 8.82. The van der Waals surface area contributed by atoms with Crippen molar-refractivity contribution in [2.45, 2.75) is 4.21 Å². The molecule has 1 aromatic carbocycles. The third-order valence-corrected chi connectivity index (χ3v) is 6.60. The van der Waals surface area contributed by atoms with E-state index in [9.17, 15) is 8.42 Å². The quantitative estimate of drug-likeness (QED) is 0.639. The molecule has 0 radical (unpaired) electrons. The summed E-state index contributed by atoms with van der Waals surface area (Å²) in [5.41, 5.74) is 0.410. The summed E-state index contributed by atoms with van der Waals surface area (Å²) in [7, 11) is -3.70. The second-order valence-corrected chi connectivity index (χ2v) is 9.43. The lowest BCUT2D eigenvalue weighted by Gasteiger charge is -2.10. The highest BCUT2D eigenvalue weighted by Gasteiger charge is 2.20. The molecular weight excluding hydrogens is 507 g/mol. The first-order valence-corrected chi connectivity index (χ1v) is 9.64. The van der Waals surface area contributed by atoms with Crippen LogP contribution in [0.4, 0.5) is 5.69 Å². The van der Waals surface area contributed by atoms with Crippen molar-refractivity contribution >= 4 is 86.4 Å². The predicted molar refractivity (Wildman–Crippen MR) is 87.5 cm³/mol. The van der Waals surface area contributed by atoms with E-state index in [2.05, 4.69) is 57.5 Å². The number of halogens is 4. The number of thiazole rings is 1. The van der Waals surface area contributed by atoms with Gasteiger partial charge in [-0.2, -0.15) is 0 Å². The molecule has 1 heterocycles. The lowest BCUT2D eigenvalue weighted by Crippen LogP contribution is -2.12. The predicted octanol–water partition coefficient (Wildman–Crippen LogP) is 4.88. The van der Waals surface area contributed by atoms with E-state index in [4.69, 9.17) is 11.6 Å². The fourth-order valence-electron chi connectivity index (χ4n) is 1.19. The van der Waals surface area contributed by atoms with E-state index in [0.29, 0.717) is 14.6 Å². The topological polar surface area (TPSA) is 59.1 Å². The van der Waals surface area contributed by atoms with Crippen LogP contribution in [0.15, 0.2) is 36.0 Å². The van der Waals surface area contributed by atoms with Crippen LogP contribution in [-0.4, -0.2) is 13.4 Å². The summed E-state index contributed by atoms with van der Waals surface area (Å²) < 4.78 is 29.0. The Labute approximate surface area is 144 Å². The molecule has 0 aliphatic heterocycles. The van der Waals surface area contributed by atoms with Crippen molar-refractivity contribution in [2.75, 3.05) is 4.72 Å². The van der Waals surface area contributed by atoms with E-state index in [1.54, 1.807) is 12.1 Å². The van der Waals surface area contributed by atoms with E-state index in [1.165, 1.54) is 6.20 Å². The van der Waals surface area contributed by atoms with E-state index < -0.39 is 10.0 Å². The Hall–Kier alpha value is 0.330. The van der Waals surface area contributed by atoms with Crippen molar-refractivity contribution in [3.8, 4) is 0 Å². The Morgan fingerprint density at radius 3 is 2.26 bits per heavy atom. The summed E-state index contributed by atoms with van der Waals surface area (Å²) in [6.45, 7) is 0. The molecule has 2 aromatic rings. The molecule has 19 heavy (non-hydrogen) atoms. The molecule has 10 heteroatoms. The van der Waals surface area contributed by atoms with Gasteiger partial charge < -0.3 is 0 Å². The zero-order valence-corrected chi connectivity index (χ0v) is 16.0. The van der Waals surface area contributed by atoms with Gasteiger partial charge in [0.1, 0.15) is 0 Å². The van der Waals surface area contributed by atoms with Gasteiger partial charge in [-0.15, -0.1) is 0 Å². The Morgan fingerprint density at radius 1 is 1.21 bits per heavy atom. The van der Waals surface area contributed by atoms with Crippen molar-refractivity contribution in [3.05, 3.63) is 36.2 Å². The number of anilines is 1. The maximum absolute atomic E-state index is 12.2. The van der Waals surface area contributed by atoms with Gasteiger partial charge in [0.2, 0.25) is 0 Å². The Bertz CT molecular complexity index is 710. The van der Waals surface area contributed by atoms with Crippen LogP contribution >= 0.6 is 70.7 Å². The summed E-state index contributed by atoms with van der Waals surface area (Å²) in [6.07, 6.45) is 1.22. The molecule has 0 unspecified atom stereocenters. The summed E-state index contributed by atoms with van der Waals surface area (Å²) in [6, 6.07) is 3.48. The van der Waals surface area contributed by atoms with Crippen LogP contribution in [-0.2, 0) is 10.0 Å². The van der Waals surface area contributed by atoms with Gasteiger partial charge in [0.05, 0.1) is 11.9 Å². The second kappa shape index (κ2) is 5.98. The Kier molecular flexibility index (Phi) is 4.95. The van der Waals surface area contributed by atoms with Crippen LogP contribution in [0, 0.1) is 0 Å². The smallest absolute Gasteiger partial charge is 0.273 e. The molecule has 0 aliphatic rings. The van der Waals surface area contributed by atoms with Crippen molar-refractivity contribution in [1.82, 2.24) is 4.98 Å². The van der Waals surface area contributed by atoms with Gasteiger partial charge in [-0.25, -0.2) is 13.4 Å². The van der Waals surface area contributed by atoms with Crippen LogP contribution in [0.3, 0.4) is 0 Å². The lowest BCUT2D eigenvalue weighted by atomic mass is 10.3. The minimum absolute atomic E-state index is 0.0548. The Morgan fingerprint density at radius 2 is 1.79 bits per heavy atom. The molecule has 1 aromatic heterocycles. The van der Waals surface area contributed by atoms with Gasteiger partial charge in [-0.05, 0) is 44.0 Å². The van der Waals surface area contributed by atoms with E-state index in [1.807, 2.05) is 0 Å². The average Bonchev–Trinajstić information content (AvgIpc) is 2.71. The van der Waals surface area contributed by atoms with Crippen molar-refractivity contribution < 1.29 is 8.42 Å². The SMILES string of the molecule is O=S(=O)(Nc1c(Br)cc(Br)cc1Br)c1cnc(Cl)s1. The maximum Gasteiger partial charge on any atom is 0.273 e. The molecule has 4 nitrogen and oxygen atoms in total. The highest BCUT2D eigenvalue weighted by molar-refractivity contribution is 9.11. The van der Waals surface area contributed by atoms with Gasteiger partial charge in [-0.3, -0.25) is 4.72 Å². The van der Waals surface area contributed by atoms with Crippen LogP contribution < -0.4 is 4.72 Å². The molecule has 2 rings (SSSR count). The first-order chi connectivity index (χ1) is 8.79. The zero-order chi connectivity index (χ0) is 14.2. The molecule has 0 saturated heterocycles. The van der Waals surface area contributed by atoms with Crippen LogP contribution in [0.25, 0.3) is 0 Å². The monoisotopic (exact) mass is 508 g/mol. The molecule has 1 N–H and O–H groups in total. The summed E-state index contributed by atoms with van der Waals surface area (Å²) in [5.74, 6) is 0. The number of hydrogen-bond donors (Lipinski definition) is 1. The largest absolute Gasteiger partial charge is 0.277 e. The van der Waals surface area contributed by atoms with E-state index in [0.717, 1.165) is 15.8 Å². The molecule has 0 spiro atoms. The summed E-state index contributed by atoms with van der Waals surface area (Å²) in [5, 5.41) is 0. The highest BCUT2D eigenvalue weighted by atomic mass is 79.9. The number of nitrogens with one attached hydrogen (secondary N) is 1. The minimum atomic E-state index is -3.70. The van der Waals surface area contributed by atoms with Gasteiger partial charge in [0.25, 0.3) is 10.0 Å². The van der Waals surface area contributed by atoms with Crippen molar-refractivity contribution in [1.29, 1.82) is 0 Å². The number of sulfonamides is 1. The van der Waals surface area contributed by atoms with Gasteiger partial charge in [0.15, 0.2) is 8.68 Å². The molecule has 0 saturated carbocycles. The normalized spacial score (nSPS) is 11.6. The van der Waals surface area contributed by atoms with Gasteiger partial charge in [0, 0.05) is 13.4 Å². The number of nitrogens with zero attached hydrogens (tertiary/aromatic N) is 1. The van der Waals surface area contributed by atoms with Gasteiger partial charge >= 0.3 is 0 Å². The van der Waals surface area contributed by atoms with Crippen LogP contribution in [0.1, 0.15) is 0 Å². The number of hydrogen-bond acceptors (Lipinski definition) is 4. The van der Waals surface area contributed by atoms with Crippen LogP contribution in [0.2, 0.25) is 4.47 Å². The number of aromatic nitrogens is 1. The standard InChI is InChI=1S/C9H4Br3ClN2O2S2/c10-4-1-5(11)8(6(12)2-4)15-19(16,17)7-3-14-9(13)18-7/h1-3,15H. The molecule has 0 bridgehead atoms. The molecular formula is C9H4Br3ClN2O2S2. The molecule has 102 valence electrons. The molecule has 0 aliphatic carbocycles. The third kappa shape index (κ3) is 3.70. The molecule has 0 amide bonds. The van der Waals surface area contributed by atoms with Crippen LogP contribution in [0.5, 0.6) is 0 Å². The highest BCUT2D eigenvalue weighted by Crippen LogP contribution is 2.36. The molecule has 0 fully saturated rings. The fraction of sp³-hybridized carbons (Fsp3) is 0. The number of benzene rings is 1. The summed E-state index contributed by atoms with van der Waals surface area (Å²) in [4.78, 5) is 3.72. The Balaban J connectivity index is 2.41. The van der Waals surface area contributed by atoms with E-state index in [-0.39, 0.29) is 8.68 Å². The van der Waals surface area contributed by atoms with Crippen molar-refractivity contribution in [2.24, 2.45) is 0 Å². The maximum atomic E-state index is 12.2.